The highest BCUT2D eigenvalue weighted by Crippen LogP contribution is 2.36. The molecule has 0 aromatic heterocycles. The smallest absolute Gasteiger partial charge is 0.207 e. The van der Waals surface area contributed by atoms with Crippen LogP contribution in [0.4, 0.5) is 0 Å². The Bertz CT molecular complexity index is 556. The molecule has 18 heavy (non-hydrogen) atoms. The Morgan fingerprint density at radius 1 is 1.28 bits per heavy atom. The molecule has 1 saturated heterocycles. The lowest BCUT2D eigenvalue weighted by atomic mass is 10.4. The third-order valence-corrected chi connectivity index (χ3v) is 6.65. The van der Waals surface area contributed by atoms with Gasteiger partial charge in [-0.1, -0.05) is 55.1 Å². The molecule has 0 saturated carbocycles. The van der Waals surface area contributed by atoms with Crippen molar-refractivity contribution in [2.75, 3.05) is 13.1 Å². The molecule has 1 unspecified atom stereocenters. The fourth-order valence-electron chi connectivity index (χ4n) is 1.81. The van der Waals surface area contributed by atoms with Gasteiger partial charge in [0.25, 0.3) is 0 Å². The fraction of sp³-hybridized carbons (Fsp3) is 0.400. The van der Waals surface area contributed by atoms with Crippen LogP contribution in [0.5, 0.6) is 0 Å². The van der Waals surface area contributed by atoms with E-state index in [-0.39, 0.29) is 19.8 Å². The molecule has 1 aromatic carbocycles. The SMILES string of the molecule is O=S(=O)(c1c(Cl)cc(Br)cc1Cl)N1CCC(Br)C1. The van der Waals surface area contributed by atoms with Crippen molar-refractivity contribution < 1.29 is 8.42 Å². The molecule has 1 heterocycles. The van der Waals surface area contributed by atoms with E-state index in [2.05, 4.69) is 31.9 Å². The van der Waals surface area contributed by atoms with Gasteiger partial charge in [0.1, 0.15) is 4.90 Å². The highest BCUT2D eigenvalue weighted by Gasteiger charge is 2.34. The zero-order valence-electron chi connectivity index (χ0n) is 9.04. The Kier molecular flexibility index (Phi) is 4.67. The number of hydrogen-bond acceptors (Lipinski definition) is 2. The van der Waals surface area contributed by atoms with Crippen LogP contribution in [0.15, 0.2) is 21.5 Å². The monoisotopic (exact) mass is 435 g/mol. The molecule has 8 heteroatoms. The van der Waals surface area contributed by atoms with E-state index in [0.29, 0.717) is 17.6 Å². The van der Waals surface area contributed by atoms with Crippen LogP contribution in [0.25, 0.3) is 0 Å². The van der Waals surface area contributed by atoms with Gasteiger partial charge in [0.05, 0.1) is 10.0 Å². The summed E-state index contributed by atoms with van der Waals surface area (Å²) in [6, 6.07) is 3.06. The molecule has 0 radical (unpaired) electrons. The molecular weight excluding hydrogens is 429 g/mol. The Morgan fingerprint density at radius 2 is 1.83 bits per heavy atom. The van der Waals surface area contributed by atoms with Gasteiger partial charge in [-0.2, -0.15) is 4.31 Å². The lowest BCUT2D eigenvalue weighted by Gasteiger charge is -2.17. The molecule has 0 N–H and O–H groups in total. The van der Waals surface area contributed by atoms with Crippen LogP contribution < -0.4 is 0 Å². The van der Waals surface area contributed by atoms with E-state index in [1.165, 1.54) is 16.4 Å². The molecule has 1 aliphatic heterocycles. The Balaban J connectivity index is 2.48. The molecule has 1 atom stereocenters. The van der Waals surface area contributed by atoms with E-state index in [1.54, 1.807) is 0 Å². The summed E-state index contributed by atoms with van der Waals surface area (Å²) in [6.07, 6.45) is 0.783. The van der Waals surface area contributed by atoms with Crippen molar-refractivity contribution in [3.63, 3.8) is 0 Å². The first-order valence-corrected chi connectivity index (χ1v) is 9.01. The molecule has 0 aliphatic carbocycles. The first-order valence-electron chi connectivity index (χ1n) is 5.11. The van der Waals surface area contributed by atoms with Gasteiger partial charge in [0, 0.05) is 22.4 Å². The summed E-state index contributed by atoms with van der Waals surface area (Å²) in [5, 5.41) is 0.264. The summed E-state index contributed by atoms with van der Waals surface area (Å²) in [5.41, 5.74) is 0. The molecule has 0 bridgehead atoms. The third kappa shape index (κ3) is 2.88. The number of halogens is 4. The predicted molar refractivity (Wildman–Crippen MR) is 80.3 cm³/mol. The second kappa shape index (κ2) is 5.58. The largest absolute Gasteiger partial charge is 0.246 e. The third-order valence-electron chi connectivity index (χ3n) is 2.65. The highest BCUT2D eigenvalue weighted by molar-refractivity contribution is 9.10. The van der Waals surface area contributed by atoms with Crippen LogP contribution in [0.1, 0.15) is 6.42 Å². The molecule has 100 valence electrons. The van der Waals surface area contributed by atoms with Crippen LogP contribution in [-0.4, -0.2) is 30.6 Å². The minimum Gasteiger partial charge on any atom is -0.207 e. The molecule has 1 aromatic rings. The number of hydrogen-bond donors (Lipinski definition) is 0. The number of rotatable bonds is 2. The minimum absolute atomic E-state index is 0.0179. The van der Waals surface area contributed by atoms with E-state index in [1.807, 2.05) is 0 Å². The summed E-state index contributed by atoms with van der Waals surface area (Å²) >= 11 is 18.6. The molecular formula is C10H9Br2Cl2NO2S. The van der Waals surface area contributed by atoms with Crippen LogP contribution in [-0.2, 0) is 10.0 Å². The molecule has 1 fully saturated rings. The van der Waals surface area contributed by atoms with Gasteiger partial charge in [0.2, 0.25) is 10.0 Å². The average Bonchev–Trinajstić information content (AvgIpc) is 2.63. The fourth-order valence-corrected chi connectivity index (χ4v) is 5.94. The summed E-state index contributed by atoms with van der Waals surface area (Å²) in [7, 11) is -3.63. The van der Waals surface area contributed by atoms with E-state index in [9.17, 15) is 8.42 Å². The molecule has 0 amide bonds. The molecule has 2 rings (SSSR count). The Labute approximate surface area is 133 Å². The van der Waals surface area contributed by atoms with Gasteiger partial charge >= 0.3 is 0 Å². The van der Waals surface area contributed by atoms with Crippen molar-refractivity contribution in [3.05, 3.63) is 26.7 Å². The Hall–Kier alpha value is 0.670. The number of benzene rings is 1. The van der Waals surface area contributed by atoms with Crippen LogP contribution in [0.2, 0.25) is 10.0 Å². The average molecular weight is 438 g/mol. The number of alkyl halides is 1. The molecule has 0 spiro atoms. The maximum absolute atomic E-state index is 12.5. The normalized spacial score (nSPS) is 21.4. The maximum atomic E-state index is 12.5. The van der Waals surface area contributed by atoms with Gasteiger partial charge < -0.3 is 0 Å². The topological polar surface area (TPSA) is 37.4 Å². The second-order valence-corrected chi connectivity index (χ2v) is 8.85. The molecule has 3 nitrogen and oxygen atoms in total. The predicted octanol–water partition coefficient (Wildman–Crippen LogP) is 3.91. The van der Waals surface area contributed by atoms with Crippen LogP contribution in [0.3, 0.4) is 0 Å². The second-order valence-electron chi connectivity index (χ2n) is 3.95. The lowest BCUT2D eigenvalue weighted by Crippen LogP contribution is -2.29. The quantitative estimate of drug-likeness (QED) is 0.658. The summed E-state index contributed by atoms with van der Waals surface area (Å²) in [4.78, 5) is 0.163. The standard InChI is InChI=1S/C10H9Br2Cl2NO2S/c11-6-1-2-15(5-6)18(16,17)10-8(13)3-7(12)4-9(10)14/h3-4,6H,1-2,5H2. The summed E-state index contributed by atoms with van der Waals surface area (Å²) in [5.74, 6) is 0. The van der Waals surface area contributed by atoms with Gasteiger partial charge in [-0.05, 0) is 18.6 Å². The van der Waals surface area contributed by atoms with Crippen molar-refractivity contribution in [2.24, 2.45) is 0 Å². The van der Waals surface area contributed by atoms with E-state index in [0.717, 1.165) is 6.42 Å². The van der Waals surface area contributed by atoms with Crippen LogP contribution in [0, 0.1) is 0 Å². The summed E-state index contributed by atoms with van der Waals surface area (Å²) in [6.45, 7) is 0.909. The van der Waals surface area contributed by atoms with Crippen molar-refractivity contribution in [3.8, 4) is 0 Å². The van der Waals surface area contributed by atoms with Crippen LogP contribution >= 0.6 is 55.1 Å². The van der Waals surface area contributed by atoms with Gasteiger partial charge in [-0.25, -0.2) is 8.42 Å². The molecule has 1 aliphatic rings. The zero-order chi connectivity index (χ0) is 13.5. The lowest BCUT2D eigenvalue weighted by molar-refractivity contribution is 0.478. The number of sulfonamides is 1. The van der Waals surface area contributed by atoms with E-state index in [4.69, 9.17) is 23.2 Å². The first kappa shape index (κ1) is 15.1. The van der Waals surface area contributed by atoms with E-state index >= 15 is 0 Å². The summed E-state index contributed by atoms with van der Waals surface area (Å²) < 4.78 is 27.0. The maximum Gasteiger partial charge on any atom is 0.246 e. The van der Waals surface area contributed by atoms with Gasteiger partial charge in [-0.15, -0.1) is 0 Å². The minimum atomic E-state index is -3.63. The number of nitrogens with zero attached hydrogens (tertiary/aromatic N) is 1. The first-order chi connectivity index (χ1) is 8.32. The van der Waals surface area contributed by atoms with Crippen molar-refractivity contribution in [1.29, 1.82) is 0 Å². The van der Waals surface area contributed by atoms with Crippen molar-refractivity contribution in [1.82, 2.24) is 4.31 Å². The van der Waals surface area contributed by atoms with E-state index < -0.39 is 10.0 Å². The van der Waals surface area contributed by atoms with Crippen molar-refractivity contribution in [2.45, 2.75) is 16.1 Å². The van der Waals surface area contributed by atoms with Gasteiger partial charge in [0.15, 0.2) is 0 Å². The zero-order valence-corrected chi connectivity index (χ0v) is 14.5. The Morgan fingerprint density at radius 3 is 2.28 bits per heavy atom. The highest BCUT2D eigenvalue weighted by atomic mass is 79.9. The van der Waals surface area contributed by atoms with Gasteiger partial charge in [-0.3, -0.25) is 0 Å². The van der Waals surface area contributed by atoms with Crippen molar-refractivity contribution >= 4 is 65.1 Å².